The number of aromatic nitrogens is 7. The second-order valence-corrected chi connectivity index (χ2v) is 4.33. The summed E-state index contributed by atoms with van der Waals surface area (Å²) in [4.78, 5) is 20.4. The van der Waals surface area contributed by atoms with Gasteiger partial charge in [-0.05, 0) is 0 Å². The van der Waals surface area contributed by atoms with E-state index in [-0.39, 0.29) is 5.95 Å². The highest BCUT2D eigenvalue weighted by Crippen LogP contribution is 2.10. The number of nitrogens with zero attached hydrogens (tertiary/aromatic N) is 7. The molecule has 3 rings (SSSR count). The van der Waals surface area contributed by atoms with Crippen molar-refractivity contribution in [3.8, 4) is 5.95 Å². The molecular weight excluding hydrogens is 252 g/mol. The van der Waals surface area contributed by atoms with E-state index < -0.39 is 0 Å². The van der Waals surface area contributed by atoms with Crippen LogP contribution in [-0.4, -0.2) is 34.7 Å². The van der Waals surface area contributed by atoms with Crippen molar-refractivity contribution in [3.63, 3.8) is 0 Å². The highest BCUT2D eigenvalue weighted by molar-refractivity contribution is 7.09. The molecule has 0 aliphatic rings. The number of nitrogen functional groups attached to an aromatic ring is 1. The molecule has 90 valence electrons. The SMILES string of the molecule is Nc1nc(Cc2nccs2)nc(-n2cncn2)n1. The Morgan fingerprint density at radius 2 is 2.22 bits per heavy atom. The summed E-state index contributed by atoms with van der Waals surface area (Å²) in [6, 6.07) is 0. The third kappa shape index (κ3) is 2.15. The molecule has 3 heterocycles. The van der Waals surface area contributed by atoms with Crippen molar-refractivity contribution in [2.24, 2.45) is 0 Å². The van der Waals surface area contributed by atoms with E-state index in [0.717, 1.165) is 5.01 Å². The van der Waals surface area contributed by atoms with Crippen molar-refractivity contribution >= 4 is 17.3 Å². The maximum absolute atomic E-state index is 5.65. The smallest absolute Gasteiger partial charge is 0.257 e. The summed E-state index contributed by atoms with van der Waals surface area (Å²) in [6.07, 6.45) is 5.16. The van der Waals surface area contributed by atoms with Gasteiger partial charge in [0.15, 0.2) is 0 Å². The average molecular weight is 260 g/mol. The Morgan fingerprint density at radius 1 is 1.28 bits per heavy atom. The topological polar surface area (TPSA) is 108 Å². The molecule has 0 aromatic carbocycles. The molecule has 0 fully saturated rings. The molecule has 0 unspecified atom stereocenters. The lowest BCUT2D eigenvalue weighted by atomic mass is 10.4. The van der Waals surface area contributed by atoms with Gasteiger partial charge in [0.1, 0.15) is 23.5 Å². The number of anilines is 1. The summed E-state index contributed by atoms with van der Waals surface area (Å²) in [6.45, 7) is 0. The fraction of sp³-hybridized carbons (Fsp3) is 0.111. The number of hydrogen-bond donors (Lipinski definition) is 1. The van der Waals surface area contributed by atoms with Gasteiger partial charge >= 0.3 is 0 Å². The van der Waals surface area contributed by atoms with Crippen LogP contribution in [0.4, 0.5) is 5.95 Å². The predicted molar refractivity (Wildman–Crippen MR) is 64.1 cm³/mol. The van der Waals surface area contributed by atoms with Gasteiger partial charge in [-0.2, -0.15) is 24.7 Å². The average Bonchev–Trinajstić information content (AvgIpc) is 3.00. The van der Waals surface area contributed by atoms with Gasteiger partial charge in [-0.3, -0.25) is 0 Å². The van der Waals surface area contributed by atoms with Crippen molar-refractivity contribution in [2.45, 2.75) is 6.42 Å². The third-order valence-electron chi connectivity index (χ3n) is 2.10. The van der Waals surface area contributed by atoms with Crippen LogP contribution in [0, 0.1) is 0 Å². The molecule has 3 aromatic rings. The molecule has 0 amide bonds. The zero-order chi connectivity index (χ0) is 12.4. The van der Waals surface area contributed by atoms with Gasteiger partial charge in [0.05, 0.1) is 6.42 Å². The van der Waals surface area contributed by atoms with Gasteiger partial charge in [-0.1, -0.05) is 0 Å². The van der Waals surface area contributed by atoms with Crippen molar-refractivity contribution < 1.29 is 0 Å². The van der Waals surface area contributed by atoms with Crippen LogP contribution < -0.4 is 5.73 Å². The first-order chi connectivity index (χ1) is 8.81. The quantitative estimate of drug-likeness (QED) is 0.710. The van der Waals surface area contributed by atoms with Crippen LogP contribution in [0.1, 0.15) is 10.8 Å². The Bertz CT molecular complexity index is 633. The molecule has 0 bridgehead atoms. The molecule has 2 N–H and O–H groups in total. The molecule has 0 radical (unpaired) electrons. The fourth-order valence-corrected chi connectivity index (χ4v) is 2.01. The lowest BCUT2D eigenvalue weighted by Crippen LogP contribution is -2.10. The van der Waals surface area contributed by atoms with E-state index in [4.69, 9.17) is 5.73 Å². The second-order valence-electron chi connectivity index (χ2n) is 3.35. The van der Waals surface area contributed by atoms with Gasteiger partial charge in [-0.15, -0.1) is 11.3 Å². The molecule has 0 atom stereocenters. The zero-order valence-corrected chi connectivity index (χ0v) is 9.95. The highest BCUT2D eigenvalue weighted by atomic mass is 32.1. The summed E-state index contributed by atoms with van der Waals surface area (Å²) in [5, 5.41) is 6.77. The van der Waals surface area contributed by atoms with Crippen molar-refractivity contribution in [1.82, 2.24) is 34.7 Å². The molecule has 0 saturated heterocycles. The van der Waals surface area contributed by atoms with E-state index in [0.29, 0.717) is 18.2 Å². The minimum absolute atomic E-state index is 0.155. The summed E-state index contributed by atoms with van der Waals surface area (Å²) >= 11 is 1.54. The van der Waals surface area contributed by atoms with Gasteiger partial charge in [-0.25, -0.2) is 9.97 Å². The van der Waals surface area contributed by atoms with E-state index in [1.165, 1.54) is 28.7 Å². The monoisotopic (exact) mass is 260 g/mol. The van der Waals surface area contributed by atoms with Gasteiger partial charge in [0.2, 0.25) is 5.95 Å². The molecule has 0 aliphatic heterocycles. The number of hydrogen-bond acceptors (Lipinski definition) is 8. The Kier molecular flexibility index (Phi) is 2.65. The number of nitrogens with two attached hydrogens (primary N) is 1. The molecule has 8 nitrogen and oxygen atoms in total. The fourth-order valence-electron chi connectivity index (χ4n) is 1.39. The summed E-state index contributed by atoms with van der Waals surface area (Å²) in [5.74, 6) is 1.07. The van der Waals surface area contributed by atoms with Crippen LogP contribution in [0.5, 0.6) is 0 Å². The predicted octanol–water partition coefficient (Wildman–Crippen LogP) is 0.0818. The standard InChI is InChI=1S/C9H8N8S/c10-8-14-6(3-7-12-1-2-18-7)15-9(16-8)17-5-11-4-13-17/h1-2,4-5H,3H2,(H2,10,14,15,16). The number of thiazole rings is 1. The van der Waals surface area contributed by atoms with Crippen LogP contribution in [-0.2, 0) is 6.42 Å². The first-order valence-electron chi connectivity index (χ1n) is 5.05. The highest BCUT2D eigenvalue weighted by Gasteiger charge is 2.08. The summed E-state index contributed by atoms with van der Waals surface area (Å²) < 4.78 is 1.43. The first kappa shape index (κ1) is 10.7. The van der Waals surface area contributed by atoms with Crippen molar-refractivity contribution in [3.05, 3.63) is 35.1 Å². The Morgan fingerprint density at radius 3 is 2.94 bits per heavy atom. The van der Waals surface area contributed by atoms with Crippen LogP contribution in [0.3, 0.4) is 0 Å². The van der Waals surface area contributed by atoms with Crippen molar-refractivity contribution in [2.75, 3.05) is 5.73 Å². The van der Waals surface area contributed by atoms with Crippen LogP contribution in [0.2, 0.25) is 0 Å². The maximum Gasteiger partial charge on any atom is 0.257 e. The minimum atomic E-state index is 0.155. The molecule has 18 heavy (non-hydrogen) atoms. The second kappa shape index (κ2) is 4.45. The lowest BCUT2D eigenvalue weighted by Gasteiger charge is -2.02. The van der Waals surface area contributed by atoms with E-state index in [1.54, 1.807) is 6.20 Å². The molecule has 9 heteroatoms. The van der Waals surface area contributed by atoms with Crippen LogP contribution in [0.15, 0.2) is 24.2 Å². The van der Waals surface area contributed by atoms with Gasteiger partial charge < -0.3 is 5.73 Å². The Hall–Kier alpha value is -2.42. The molecule has 0 aliphatic carbocycles. The van der Waals surface area contributed by atoms with Gasteiger partial charge in [0, 0.05) is 11.6 Å². The molecular formula is C9H8N8S. The van der Waals surface area contributed by atoms with E-state index >= 15 is 0 Å². The number of rotatable bonds is 3. The first-order valence-corrected chi connectivity index (χ1v) is 5.93. The van der Waals surface area contributed by atoms with Crippen LogP contribution in [0.25, 0.3) is 5.95 Å². The van der Waals surface area contributed by atoms with Crippen LogP contribution >= 0.6 is 11.3 Å². The van der Waals surface area contributed by atoms with E-state index in [9.17, 15) is 0 Å². The lowest BCUT2D eigenvalue weighted by molar-refractivity contribution is 0.775. The zero-order valence-electron chi connectivity index (χ0n) is 9.13. The normalized spacial score (nSPS) is 10.7. The third-order valence-corrected chi connectivity index (χ3v) is 2.88. The van der Waals surface area contributed by atoms with E-state index in [2.05, 4.69) is 30.0 Å². The molecule has 0 spiro atoms. The summed E-state index contributed by atoms with van der Waals surface area (Å²) in [7, 11) is 0. The Balaban J connectivity index is 1.96. The van der Waals surface area contributed by atoms with Gasteiger partial charge in [0.25, 0.3) is 5.95 Å². The van der Waals surface area contributed by atoms with Crippen molar-refractivity contribution in [1.29, 1.82) is 0 Å². The summed E-state index contributed by atoms with van der Waals surface area (Å²) in [5.41, 5.74) is 5.65. The van der Waals surface area contributed by atoms with E-state index in [1.807, 2.05) is 5.38 Å². The molecule has 0 saturated carbocycles. The minimum Gasteiger partial charge on any atom is -0.368 e. The molecule has 3 aromatic heterocycles. The Labute approximate surface area is 106 Å². The maximum atomic E-state index is 5.65. The largest absolute Gasteiger partial charge is 0.368 e.